The van der Waals surface area contributed by atoms with Crippen molar-refractivity contribution in [1.82, 2.24) is 20.0 Å². The second-order valence-electron chi connectivity index (χ2n) is 7.08. The predicted octanol–water partition coefficient (Wildman–Crippen LogP) is 1.63. The quantitative estimate of drug-likeness (QED) is 0.902. The van der Waals surface area contributed by atoms with Crippen LogP contribution >= 0.6 is 11.3 Å². The zero-order valence-corrected chi connectivity index (χ0v) is 15.1. The van der Waals surface area contributed by atoms with E-state index >= 15 is 0 Å². The Hall–Kier alpha value is -1.99. The largest absolute Gasteiger partial charge is 0.329 e. The molecule has 2 fully saturated rings. The first-order chi connectivity index (χ1) is 12.1. The number of hydrogen-bond donors (Lipinski definition) is 1. The van der Waals surface area contributed by atoms with Crippen molar-refractivity contribution in [1.29, 1.82) is 0 Å². The molecule has 1 saturated carbocycles. The molecule has 1 spiro atoms. The topological polar surface area (TPSA) is 67.2 Å². The van der Waals surface area contributed by atoms with Crippen LogP contribution in [0.3, 0.4) is 0 Å². The van der Waals surface area contributed by atoms with Gasteiger partial charge in [-0.05, 0) is 66.2 Å². The van der Waals surface area contributed by atoms with Gasteiger partial charge in [-0.1, -0.05) is 0 Å². The van der Waals surface area contributed by atoms with E-state index < -0.39 is 0 Å². The Labute approximate surface area is 150 Å². The van der Waals surface area contributed by atoms with E-state index in [1.807, 2.05) is 10.3 Å². The van der Waals surface area contributed by atoms with Gasteiger partial charge in [0, 0.05) is 25.7 Å². The first kappa shape index (κ1) is 16.5. The molecule has 1 atom stereocenters. The van der Waals surface area contributed by atoms with Crippen molar-refractivity contribution in [2.75, 3.05) is 13.1 Å². The minimum absolute atomic E-state index is 0.0813. The van der Waals surface area contributed by atoms with Crippen LogP contribution in [0.25, 0.3) is 0 Å². The van der Waals surface area contributed by atoms with Gasteiger partial charge < -0.3 is 10.2 Å². The summed E-state index contributed by atoms with van der Waals surface area (Å²) in [6, 6.07) is 5.29. The van der Waals surface area contributed by atoms with Crippen molar-refractivity contribution in [3.63, 3.8) is 0 Å². The average Bonchev–Trinajstić information content (AvgIpc) is 3.06. The summed E-state index contributed by atoms with van der Waals surface area (Å²) < 4.78 is 1.23. The number of hydrogen-bond acceptors (Lipinski definition) is 5. The Morgan fingerprint density at radius 2 is 2.20 bits per heavy atom. The molecule has 1 aliphatic carbocycles. The van der Waals surface area contributed by atoms with Crippen molar-refractivity contribution in [3.8, 4) is 0 Å². The van der Waals surface area contributed by atoms with Crippen LogP contribution < -0.4 is 10.9 Å². The summed E-state index contributed by atoms with van der Waals surface area (Å²) in [5, 5.41) is 11.7. The number of thiophene rings is 1. The number of nitrogens with zero attached hydrogens (tertiary/aromatic N) is 3. The Kier molecular flexibility index (Phi) is 4.21. The standard InChI is InChI=1S/C18H22N4O2S/c1-21-16(23)3-2-14(20-21)17(24)22(11-13-4-9-25-12-13)15-10-18(15)5-7-19-8-6-18/h2-4,9,12,15,19H,5-8,10-11H2,1H3. The van der Waals surface area contributed by atoms with Gasteiger partial charge in [0.05, 0.1) is 0 Å². The third-order valence-corrected chi connectivity index (χ3v) is 6.23. The second-order valence-corrected chi connectivity index (χ2v) is 7.86. The highest BCUT2D eigenvalue weighted by Gasteiger charge is 2.57. The van der Waals surface area contributed by atoms with Crippen LogP contribution in [0.2, 0.25) is 0 Å². The van der Waals surface area contributed by atoms with Gasteiger partial charge in [-0.3, -0.25) is 9.59 Å². The number of rotatable bonds is 4. The van der Waals surface area contributed by atoms with Crippen molar-refractivity contribution in [3.05, 3.63) is 50.6 Å². The highest BCUT2D eigenvalue weighted by molar-refractivity contribution is 7.07. The van der Waals surface area contributed by atoms with Gasteiger partial charge in [-0.15, -0.1) is 0 Å². The number of piperidine rings is 1. The molecule has 3 heterocycles. The maximum absolute atomic E-state index is 13.2. The highest BCUT2D eigenvalue weighted by Crippen LogP contribution is 2.56. The van der Waals surface area contributed by atoms with Crippen LogP contribution in [-0.4, -0.2) is 39.7 Å². The molecule has 1 amide bonds. The molecule has 2 aromatic heterocycles. The lowest BCUT2D eigenvalue weighted by Gasteiger charge is -2.29. The van der Waals surface area contributed by atoms with Crippen molar-refractivity contribution < 1.29 is 4.79 Å². The van der Waals surface area contributed by atoms with Crippen LogP contribution in [-0.2, 0) is 13.6 Å². The number of aryl methyl sites for hydroxylation is 1. The molecule has 25 heavy (non-hydrogen) atoms. The molecule has 6 nitrogen and oxygen atoms in total. The molecule has 0 bridgehead atoms. The van der Waals surface area contributed by atoms with E-state index in [2.05, 4.69) is 21.9 Å². The summed E-state index contributed by atoms with van der Waals surface area (Å²) in [6.45, 7) is 2.65. The smallest absolute Gasteiger partial charge is 0.274 e. The molecular weight excluding hydrogens is 336 g/mol. The summed E-state index contributed by atoms with van der Waals surface area (Å²) in [5.74, 6) is -0.0813. The molecule has 7 heteroatoms. The van der Waals surface area contributed by atoms with E-state index in [0.29, 0.717) is 12.2 Å². The number of carbonyl (C=O) groups is 1. The number of nitrogens with one attached hydrogen (secondary N) is 1. The summed E-state index contributed by atoms with van der Waals surface area (Å²) in [5.41, 5.74) is 1.55. The van der Waals surface area contributed by atoms with Crippen molar-refractivity contribution in [2.45, 2.75) is 31.8 Å². The van der Waals surface area contributed by atoms with Crippen LogP contribution in [0.4, 0.5) is 0 Å². The molecule has 1 aliphatic heterocycles. The fourth-order valence-electron chi connectivity index (χ4n) is 3.90. The summed E-state index contributed by atoms with van der Waals surface area (Å²) in [6.07, 6.45) is 3.30. The molecular formula is C18H22N4O2S. The molecule has 1 N–H and O–H groups in total. The summed E-state index contributed by atoms with van der Waals surface area (Å²) in [4.78, 5) is 26.7. The van der Waals surface area contributed by atoms with Gasteiger partial charge in [-0.2, -0.15) is 16.4 Å². The normalized spacial score (nSPS) is 21.2. The van der Waals surface area contributed by atoms with Gasteiger partial charge >= 0.3 is 0 Å². The second kappa shape index (κ2) is 6.38. The van der Waals surface area contributed by atoms with Gasteiger partial charge in [-0.25, -0.2) is 4.68 Å². The van der Waals surface area contributed by atoms with Gasteiger partial charge in [0.15, 0.2) is 0 Å². The van der Waals surface area contributed by atoms with E-state index in [1.165, 1.54) is 10.7 Å². The summed E-state index contributed by atoms with van der Waals surface area (Å²) in [7, 11) is 1.58. The van der Waals surface area contributed by atoms with Gasteiger partial charge in [0.2, 0.25) is 0 Å². The van der Waals surface area contributed by atoms with E-state index in [-0.39, 0.29) is 22.9 Å². The third kappa shape index (κ3) is 3.14. The van der Waals surface area contributed by atoms with Crippen molar-refractivity contribution >= 4 is 17.2 Å². The highest BCUT2D eigenvalue weighted by atomic mass is 32.1. The fourth-order valence-corrected chi connectivity index (χ4v) is 4.56. The zero-order valence-electron chi connectivity index (χ0n) is 14.3. The van der Waals surface area contributed by atoms with Crippen molar-refractivity contribution in [2.24, 2.45) is 12.5 Å². The minimum Gasteiger partial charge on any atom is -0.329 e. The van der Waals surface area contributed by atoms with E-state index in [0.717, 1.165) is 37.9 Å². The van der Waals surface area contributed by atoms with Gasteiger partial charge in [0.25, 0.3) is 11.5 Å². The van der Waals surface area contributed by atoms with E-state index in [4.69, 9.17) is 0 Å². The maximum atomic E-state index is 13.2. The molecule has 1 unspecified atom stereocenters. The average molecular weight is 358 g/mol. The predicted molar refractivity (Wildman–Crippen MR) is 96.6 cm³/mol. The van der Waals surface area contributed by atoms with E-state index in [1.54, 1.807) is 24.5 Å². The Morgan fingerprint density at radius 3 is 2.88 bits per heavy atom. The van der Waals surface area contributed by atoms with Crippen LogP contribution in [0, 0.1) is 5.41 Å². The molecule has 132 valence electrons. The van der Waals surface area contributed by atoms with Crippen LogP contribution in [0.15, 0.2) is 33.8 Å². The van der Waals surface area contributed by atoms with Crippen LogP contribution in [0.1, 0.15) is 35.3 Å². The number of aromatic nitrogens is 2. The Morgan fingerprint density at radius 1 is 1.40 bits per heavy atom. The van der Waals surface area contributed by atoms with Gasteiger partial charge in [0.1, 0.15) is 5.69 Å². The first-order valence-corrected chi connectivity index (χ1v) is 9.60. The Bertz CT molecular complexity index is 824. The molecule has 1 saturated heterocycles. The maximum Gasteiger partial charge on any atom is 0.274 e. The molecule has 0 radical (unpaired) electrons. The van der Waals surface area contributed by atoms with E-state index in [9.17, 15) is 9.59 Å². The summed E-state index contributed by atoms with van der Waals surface area (Å²) >= 11 is 1.64. The fraction of sp³-hybridized carbons (Fsp3) is 0.500. The zero-order chi connectivity index (χ0) is 17.4. The number of carbonyl (C=O) groups excluding carboxylic acids is 1. The number of amides is 1. The molecule has 2 aliphatic rings. The van der Waals surface area contributed by atoms with Crippen LogP contribution in [0.5, 0.6) is 0 Å². The lowest BCUT2D eigenvalue weighted by Crippen LogP contribution is -2.40. The lowest BCUT2D eigenvalue weighted by atomic mass is 9.93. The SMILES string of the molecule is Cn1nc(C(=O)N(Cc2ccsc2)C2CC23CCNCC3)ccc1=O. The molecule has 2 aromatic rings. The Balaban J connectivity index is 1.62. The molecule has 4 rings (SSSR count). The lowest BCUT2D eigenvalue weighted by molar-refractivity contribution is 0.0683. The minimum atomic E-state index is -0.206. The monoisotopic (exact) mass is 358 g/mol. The molecule has 0 aromatic carbocycles. The first-order valence-electron chi connectivity index (χ1n) is 8.66. The third-order valence-electron chi connectivity index (χ3n) is 5.50.